The second-order valence-electron chi connectivity index (χ2n) is 6.88. The van der Waals surface area contributed by atoms with Crippen molar-refractivity contribution in [1.29, 1.82) is 0 Å². The minimum Gasteiger partial charge on any atom is -0.496 e. The lowest BCUT2D eigenvalue weighted by Crippen LogP contribution is -2.13. The zero-order chi connectivity index (χ0) is 22.2. The summed E-state index contributed by atoms with van der Waals surface area (Å²) in [6, 6.07) is 19.5. The number of hydrogen-bond acceptors (Lipinski definition) is 5. The molecule has 6 nitrogen and oxygen atoms in total. The Kier molecular flexibility index (Phi) is 7.27. The standard InChI is InChI=1S/C25H25NO5/c1-4-30-25(28)18-7-10-21(11-8-18)26-24(27)19-9-14-23(29-3)20(15-19)16-31-22-12-5-17(2)6-13-22/h5-15H,4,16H2,1-3H3,(H,26,27). The number of rotatable bonds is 8. The van der Waals surface area contributed by atoms with Crippen LogP contribution in [0.1, 0.15) is 38.8 Å². The molecule has 31 heavy (non-hydrogen) atoms. The SMILES string of the molecule is CCOC(=O)c1ccc(NC(=O)c2ccc(OC)c(COc3ccc(C)cc3)c2)cc1. The zero-order valence-corrected chi connectivity index (χ0v) is 17.8. The molecule has 1 amide bonds. The average molecular weight is 419 g/mol. The Morgan fingerprint density at radius 2 is 1.58 bits per heavy atom. The maximum atomic E-state index is 12.7. The second-order valence-corrected chi connectivity index (χ2v) is 6.88. The van der Waals surface area contributed by atoms with Crippen molar-refractivity contribution in [3.8, 4) is 11.5 Å². The molecule has 3 aromatic rings. The molecule has 0 aliphatic carbocycles. The highest BCUT2D eigenvalue weighted by atomic mass is 16.5. The fraction of sp³-hybridized carbons (Fsp3) is 0.200. The van der Waals surface area contributed by atoms with Crippen molar-refractivity contribution in [3.05, 3.63) is 89.0 Å². The first-order valence-electron chi connectivity index (χ1n) is 9.95. The van der Waals surface area contributed by atoms with Crippen LogP contribution < -0.4 is 14.8 Å². The van der Waals surface area contributed by atoms with E-state index in [1.165, 1.54) is 0 Å². The first-order chi connectivity index (χ1) is 15.0. The third kappa shape index (κ3) is 5.85. The van der Waals surface area contributed by atoms with E-state index in [0.717, 1.165) is 16.9 Å². The highest BCUT2D eigenvalue weighted by Crippen LogP contribution is 2.23. The molecule has 0 atom stereocenters. The quantitative estimate of drug-likeness (QED) is 0.520. The van der Waals surface area contributed by atoms with Crippen molar-refractivity contribution in [2.45, 2.75) is 20.5 Å². The summed E-state index contributed by atoms with van der Waals surface area (Å²) in [5.41, 5.74) is 3.39. The molecule has 0 spiro atoms. The van der Waals surface area contributed by atoms with Crippen molar-refractivity contribution in [2.75, 3.05) is 19.0 Å². The minimum atomic E-state index is -0.395. The molecule has 0 aliphatic heterocycles. The van der Waals surface area contributed by atoms with Gasteiger partial charge in [0, 0.05) is 16.8 Å². The maximum Gasteiger partial charge on any atom is 0.338 e. The molecule has 3 aromatic carbocycles. The predicted molar refractivity (Wildman–Crippen MR) is 119 cm³/mol. The Hall–Kier alpha value is -3.80. The van der Waals surface area contributed by atoms with E-state index < -0.39 is 5.97 Å². The van der Waals surface area contributed by atoms with Crippen LogP contribution in [0.3, 0.4) is 0 Å². The molecule has 0 radical (unpaired) electrons. The van der Waals surface area contributed by atoms with Gasteiger partial charge in [-0.15, -0.1) is 0 Å². The molecule has 0 heterocycles. The predicted octanol–water partition coefficient (Wildman–Crippen LogP) is 5.01. The topological polar surface area (TPSA) is 73.9 Å². The van der Waals surface area contributed by atoms with Gasteiger partial charge in [0.2, 0.25) is 0 Å². The Morgan fingerprint density at radius 3 is 2.23 bits per heavy atom. The van der Waals surface area contributed by atoms with Crippen molar-refractivity contribution in [2.24, 2.45) is 0 Å². The Labute approximate surface area is 181 Å². The first kappa shape index (κ1) is 21.9. The first-order valence-corrected chi connectivity index (χ1v) is 9.95. The van der Waals surface area contributed by atoms with Crippen LogP contribution in [0.2, 0.25) is 0 Å². The summed E-state index contributed by atoms with van der Waals surface area (Å²) < 4.78 is 16.2. The van der Waals surface area contributed by atoms with Gasteiger partial charge in [0.25, 0.3) is 5.91 Å². The number of anilines is 1. The molecule has 1 N–H and O–H groups in total. The molecular formula is C25H25NO5. The number of carbonyl (C=O) groups is 2. The highest BCUT2D eigenvalue weighted by Gasteiger charge is 2.12. The van der Waals surface area contributed by atoms with Gasteiger partial charge in [-0.3, -0.25) is 4.79 Å². The molecule has 0 saturated heterocycles. The Bertz CT molecular complexity index is 1040. The summed E-state index contributed by atoms with van der Waals surface area (Å²) in [5, 5.41) is 2.83. The van der Waals surface area contributed by atoms with Crippen LogP contribution in [-0.2, 0) is 11.3 Å². The van der Waals surface area contributed by atoms with E-state index in [-0.39, 0.29) is 12.5 Å². The summed E-state index contributed by atoms with van der Waals surface area (Å²) >= 11 is 0. The fourth-order valence-electron chi connectivity index (χ4n) is 2.94. The van der Waals surface area contributed by atoms with Gasteiger partial charge in [-0.05, 0) is 68.4 Å². The van der Waals surface area contributed by atoms with E-state index in [4.69, 9.17) is 14.2 Å². The van der Waals surface area contributed by atoms with Crippen molar-refractivity contribution < 1.29 is 23.8 Å². The molecule has 3 rings (SSSR count). The Morgan fingerprint density at radius 1 is 0.903 bits per heavy atom. The lowest BCUT2D eigenvalue weighted by Gasteiger charge is -2.13. The summed E-state index contributed by atoms with van der Waals surface area (Å²) in [6.07, 6.45) is 0. The van der Waals surface area contributed by atoms with Crippen molar-refractivity contribution in [3.63, 3.8) is 0 Å². The molecule has 0 aliphatic rings. The molecule has 0 saturated carbocycles. The summed E-state index contributed by atoms with van der Waals surface area (Å²) in [4.78, 5) is 24.5. The van der Waals surface area contributed by atoms with Crippen LogP contribution >= 0.6 is 0 Å². The van der Waals surface area contributed by atoms with Gasteiger partial charge in [-0.1, -0.05) is 17.7 Å². The van der Waals surface area contributed by atoms with Crippen LogP contribution in [0.5, 0.6) is 11.5 Å². The van der Waals surface area contributed by atoms with Gasteiger partial charge >= 0.3 is 5.97 Å². The number of methoxy groups -OCH3 is 1. The van der Waals surface area contributed by atoms with Crippen LogP contribution in [0, 0.1) is 6.92 Å². The number of carbonyl (C=O) groups excluding carboxylic acids is 2. The minimum absolute atomic E-state index is 0.265. The molecule has 0 fully saturated rings. The number of amides is 1. The lowest BCUT2D eigenvalue weighted by molar-refractivity contribution is 0.0526. The molecule has 0 aromatic heterocycles. The number of ether oxygens (including phenoxy) is 3. The smallest absolute Gasteiger partial charge is 0.338 e. The molecule has 160 valence electrons. The second kappa shape index (κ2) is 10.3. The van der Waals surface area contributed by atoms with Crippen LogP contribution in [0.15, 0.2) is 66.7 Å². The molecular weight excluding hydrogens is 394 g/mol. The third-order valence-corrected chi connectivity index (χ3v) is 4.61. The summed E-state index contributed by atoms with van der Waals surface area (Å²) in [6.45, 7) is 4.34. The van der Waals surface area contributed by atoms with Gasteiger partial charge in [0.1, 0.15) is 18.1 Å². The van der Waals surface area contributed by atoms with Crippen molar-refractivity contribution >= 4 is 17.6 Å². The maximum absolute atomic E-state index is 12.7. The number of hydrogen-bond donors (Lipinski definition) is 1. The van der Waals surface area contributed by atoms with Crippen LogP contribution in [0.4, 0.5) is 5.69 Å². The molecule has 0 bridgehead atoms. The van der Waals surface area contributed by atoms with Gasteiger partial charge in [0.05, 0.1) is 19.3 Å². The van der Waals surface area contributed by atoms with E-state index in [9.17, 15) is 9.59 Å². The van der Waals surface area contributed by atoms with E-state index in [0.29, 0.717) is 29.2 Å². The van der Waals surface area contributed by atoms with E-state index >= 15 is 0 Å². The fourth-order valence-corrected chi connectivity index (χ4v) is 2.94. The van der Waals surface area contributed by atoms with E-state index in [1.54, 1.807) is 56.5 Å². The molecule has 0 unspecified atom stereocenters. The highest BCUT2D eigenvalue weighted by molar-refractivity contribution is 6.04. The largest absolute Gasteiger partial charge is 0.496 e. The summed E-state index contributed by atoms with van der Waals surface area (Å²) in [7, 11) is 1.58. The number of aryl methyl sites for hydroxylation is 1. The van der Waals surface area contributed by atoms with Gasteiger partial charge in [-0.25, -0.2) is 4.79 Å². The zero-order valence-electron chi connectivity index (χ0n) is 17.8. The average Bonchev–Trinajstić information content (AvgIpc) is 2.79. The summed E-state index contributed by atoms with van der Waals surface area (Å²) in [5.74, 6) is 0.712. The number of nitrogens with one attached hydrogen (secondary N) is 1. The van der Waals surface area contributed by atoms with Crippen LogP contribution in [-0.4, -0.2) is 25.6 Å². The monoisotopic (exact) mass is 419 g/mol. The third-order valence-electron chi connectivity index (χ3n) is 4.61. The van der Waals surface area contributed by atoms with Gasteiger partial charge in [0.15, 0.2) is 0 Å². The van der Waals surface area contributed by atoms with E-state index in [1.807, 2.05) is 31.2 Å². The number of esters is 1. The van der Waals surface area contributed by atoms with Gasteiger partial charge < -0.3 is 19.5 Å². The Balaban J connectivity index is 1.70. The molecule has 6 heteroatoms. The van der Waals surface area contributed by atoms with E-state index in [2.05, 4.69) is 5.32 Å². The lowest BCUT2D eigenvalue weighted by atomic mass is 10.1. The normalized spacial score (nSPS) is 10.3. The van der Waals surface area contributed by atoms with Gasteiger partial charge in [-0.2, -0.15) is 0 Å². The number of benzene rings is 3. The van der Waals surface area contributed by atoms with Crippen LogP contribution in [0.25, 0.3) is 0 Å². The van der Waals surface area contributed by atoms with Crippen molar-refractivity contribution in [1.82, 2.24) is 0 Å².